The molecule has 1 fully saturated rings. The average Bonchev–Trinajstić information content (AvgIpc) is 3.00. The van der Waals surface area contributed by atoms with Gasteiger partial charge in [-0.2, -0.15) is 0 Å². The van der Waals surface area contributed by atoms with Crippen molar-refractivity contribution in [2.45, 2.75) is 36.2 Å². The van der Waals surface area contributed by atoms with Crippen LogP contribution < -0.4 is 11.1 Å². The van der Waals surface area contributed by atoms with E-state index in [1.807, 2.05) is 30.3 Å². The molecule has 0 radical (unpaired) electrons. The van der Waals surface area contributed by atoms with Gasteiger partial charge in [0.2, 0.25) is 5.91 Å². The summed E-state index contributed by atoms with van der Waals surface area (Å²) in [6.45, 7) is 2.21. The van der Waals surface area contributed by atoms with Crippen LogP contribution in [0.2, 0.25) is 0 Å². The molecular weight excluding hydrogens is 526 g/mol. The van der Waals surface area contributed by atoms with Gasteiger partial charge >= 0.3 is 0 Å². The smallest absolute Gasteiger partial charge is 0.254 e. The Balaban J connectivity index is 1.40. The first-order valence-corrected chi connectivity index (χ1v) is 14.9. The molecule has 2 atom stereocenters. The second kappa shape index (κ2) is 14.0. The number of sulfone groups is 1. The fraction of sp³-hybridized carbons (Fsp3) is 0.290. The largest absolute Gasteiger partial charge is 0.378 e. The Labute approximate surface area is 235 Å². The summed E-state index contributed by atoms with van der Waals surface area (Å²) in [6, 6.07) is 23.7. The maximum atomic E-state index is 13.1. The van der Waals surface area contributed by atoms with Crippen molar-refractivity contribution >= 4 is 21.7 Å². The number of amides is 2. The molecule has 0 aromatic heterocycles. The van der Waals surface area contributed by atoms with Gasteiger partial charge in [0.05, 0.1) is 24.2 Å². The maximum Gasteiger partial charge on any atom is 0.254 e. The Morgan fingerprint density at radius 2 is 1.52 bits per heavy atom. The third kappa shape index (κ3) is 8.35. The molecule has 2 amide bonds. The van der Waals surface area contributed by atoms with E-state index in [1.165, 1.54) is 18.2 Å². The highest BCUT2D eigenvalue weighted by Crippen LogP contribution is 2.14. The quantitative estimate of drug-likeness (QED) is 0.371. The minimum absolute atomic E-state index is 0.0459. The summed E-state index contributed by atoms with van der Waals surface area (Å²) in [5, 5.41) is 4.06. The molecule has 0 aliphatic carbocycles. The van der Waals surface area contributed by atoms with E-state index in [2.05, 4.69) is 5.32 Å². The standard InChI is InChI=1S/C31H35N3O5S/c32-29(23-25-11-14-26(15-12-25)31(36)34-18-20-39-21-19-34)30(35)33-27(16-13-24-7-3-1-4-8-24)17-22-40(37,38)28-9-5-2-6-10-28/h1-12,14-15,17,22,27,29H,13,16,18-21,23,32H2,(H,33,35)/b22-17+/t27-,29-/m0/s1. The van der Waals surface area contributed by atoms with Gasteiger partial charge in [-0.15, -0.1) is 0 Å². The molecule has 0 bridgehead atoms. The molecule has 1 saturated heterocycles. The van der Waals surface area contributed by atoms with Crippen LogP contribution in [0.15, 0.2) is 101 Å². The molecule has 3 N–H and O–H groups in total. The molecule has 1 heterocycles. The van der Waals surface area contributed by atoms with E-state index < -0.39 is 21.9 Å². The van der Waals surface area contributed by atoms with Crippen LogP contribution in [0.5, 0.6) is 0 Å². The number of ether oxygens (including phenoxy) is 1. The minimum atomic E-state index is -3.66. The van der Waals surface area contributed by atoms with Crippen LogP contribution in [0.25, 0.3) is 0 Å². The number of nitrogens with one attached hydrogen (secondary N) is 1. The first-order chi connectivity index (χ1) is 19.3. The van der Waals surface area contributed by atoms with Gasteiger partial charge in [-0.05, 0) is 54.7 Å². The molecule has 210 valence electrons. The summed E-state index contributed by atoms with van der Waals surface area (Å²) in [7, 11) is -3.66. The summed E-state index contributed by atoms with van der Waals surface area (Å²) < 4.78 is 30.9. The lowest BCUT2D eigenvalue weighted by molar-refractivity contribution is -0.122. The molecule has 3 aromatic carbocycles. The monoisotopic (exact) mass is 561 g/mol. The third-order valence-electron chi connectivity index (χ3n) is 6.77. The van der Waals surface area contributed by atoms with E-state index in [9.17, 15) is 18.0 Å². The zero-order valence-electron chi connectivity index (χ0n) is 22.3. The van der Waals surface area contributed by atoms with E-state index >= 15 is 0 Å². The summed E-state index contributed by atoms with van der Waals surface area (Å²) in [4.78, 5) is 27.7. The van der Waals surface area contributed by atoms with Crippen molar-refractivity contribution in [1.82, 2.24) is 10.2 Å². The highest BCUT2D eigenvalue weighted by molar-refractivity contribution is 7.94. The van der Waals surface area contributed by atoms with Crippen molar-refractivity contribution in [1.29, 1.82) is 0 Å². The second-order valence-electron chi connectivity index (χ2n) is 9.74. The van der Waals surface area contributed by atoms with Crippen LogP contribution in [0.4, 0.5) is 0 Å². The molecule has 0 spiro atoms. The lowest BCUT2D eigenvalue weighted by Gasteiger charge is -2.26. The Kier molecular flexibility index (Phi) is 10.2. The molecule has 0 saturated carbocycles. The van der Waals surface area contributed by atoms with E-state index in [0.29, 0.717) is 44.7 Å². The van der Waals surface area contributed by atoms with Crippen LogP contribution in [0, 0.1) is 0 Å². The number of nitrogens with zero attached hydrogens (tertiary/aromatic N) is 1. The Hall–Kier alpha value is -3.79. The van der Waals surface area contributed by atoms with Gasteiger partial charge in [-0.3, -0.25) is 9.59 Å². The van der Waals surface area contributed by atoms with E-state index in [-0.39, 0.29) is 23.1 Å². The topological polar surface area (TPSA) is 119 Å². The molecule has 1 aliphatic heterocycles. The lowest BCUT2D eigenvalue weighted by Crippen LogP contribution is -2.46. The van der Waals surface area contributed by atoms with E-state index in [1.54, 1.807) is 47.4 Å². The molecule has 40 heavy (non-hydrogen) atoms. The summed E-state index contributed by atoms with van der Waals surface area (Å²) in [6.07, 6.45) is 2.94. The fourth-order valence-electron chi connectivity index (χ4n) is 4.44. The molecule has 1 aliphatic rings. The van der Waals surface area contributed by atoms with Crippen LogP contribution in [-0.4, -0.2) is 63.5 Å². The van der Waals surface area contributed by atoms with Gasteiger partial charge < -0.3 is 20.7 Å². The Morgan fingerprint density at radius 1 is 0.900 bits per heavy atom. The summed E-state index contributed by atoms with van der Waals surface area (Å²) in [5.74, 6) is -0.427. The Bertz CT molecular complexity index is 1390. The molecule has 3 aromatic rings. The zero-order chi connectivity index (χ0) is 28.4. The predicted octanol–water partition coefficient (Wildman–Crippen LogP) is 3.13. The number of carbonyl (C=O) groups excluding carboxylic acids is 2. The number of rotatable bonds is 11. The SMILES string of the molecule is N[C@@H](Cc1ccc(C(=O)N2CCOCC2)cc1)C(=O)N[C@H](/C=C/S(=O)(=O)c1ccccc1)CCc1ccccc1. The van der Waals surface area contributed by atoms with Crippen molar-refractivity contribution < 1.29 is 22.7 Å². The van der Waals surface area contributed by atoms with Gasteiger partial charge in [0.1, 0.15) is 0 Å². The van der Waals surface area contributed by atoms with Crippen molar-refractivity contribution in [2.24, 2.45) is 5.73 Å². The first kappa shape index (κ1) is 29.2. The van der Waals surface area contributed by atoms with Crippen molar-refractivity contribution in [3.8, 4) is 0 Å². The number of carbonyl (C=O) groups is 2. The molecular formula is C31H35N3O5S. The number of aryl methyl sites for hydroxylation is 1. The highest BCUT2D eigenvalue weighted by Gasteiger charge is 2.21. The van der Waals surface area contributed by atoms with Gasteiger partial charge in [-0.1, -0.05) is 66.7 Å². The lowest BCUT2D eigenvalue weighted by atomic mass is 10.0. The van der Waals surface area contributed by atoms with Gasteiger partial charge in [0.25, 0.3) is 5.91 Å². The molecule has 9 heteroatoms. The van der Waals surface area contributed by atoms with Crippen LogP contribution in [-0.2, 0) is 32.2 Å². The van der Waals surface area contributed by atoms with Crippen LogP contribution >= 0.6 is 0 Å². The van der Waals surface area contributed by atoms with Crippen LogP contribution in [0.1, 0.15) is 27.9 Å². The van der Waals surface area contributed by atoms with E-state index in [4.69, 9.17) is 10.5 Å². The second-order valence-corrected chi connectivity index (χ2v) is 11.6. The van der Waals surface area contributed by atoms with Crippen molar-refractivity contribution in [2.75, 3.05) is 26.3 Å². The molecule has 8 nitrogen and oxygen atoms in total. The molecule has 0 unspecified atom stereocenters. The zero-order valence-corrected chi connectivity index (χ0v) is 23.1. The predicted molar refractivity (Wildman–Crippen MR) is 154 cm³/mol. The normalized spacial score (nSPS) is 15.5. The highest BCUT2D eigenvalue weighted by atomic mass is 32.2. The average molecular weight is 562 g/mol. The number of hydrogen-bond acceptors (Lipinski definition) is 6. The fourth-order valence-corrected chi connectivity index (χ4v) is 5.53. The number of hydrogen-bond donors (Lipinski definition) is 2. The van der Waals surface area contributed by atoms with E-state index in [0.717, 1.165) is 16.5 Å². The number of nitrogens with two attached hydrogens (primary N) is 1. The van der Waals surface area contributed by atoms with Crippen LogP contribution in [0.3, 0.4) is 0 Å². The van der Waals surface area contributed by atoms with Gasteiger partial charge in [0, 0.05) is 30.1 Å². The molecule has 4 rings (SSSR count). The summed E-state index contributed by atoms with van der Waals surface area (Å²) in [5.41, 5.74) is 8.73. The van der Waals surface area contributed by atoms with Gasteiger partial charge in [-0.25, -0.2) is 8.42 Å². The third-order valence-corrected chi connectivity index (χ3v) is 8.21. The first-order valence-electron chi connectivity index (χ1n) is 13.4. The minimum Gasteiger partial charge on any atom is -0.378 e. The summed E-state index contributed by atoms with van der Waals surface area (Å²) >= 11 is 0. The van der Waals surface area contributed by atoms with Crippen molar-refractivity contribution in [3.63, 3.8) is 0 Å². The Morgan fingerprint density at radius 3 is 2.17 bits per heavy atom. The van der Waals surface area contributed by atoms with Gasteiger partial charge in [0.15, 0.2) is 9.84 Å². The maximum absolute atomic E-state index is 13.1. The number of benzene rings is 3. The van der Waals surface area contributed by atoms with Crippen molar-refractivity contribution in [3.05, 3.63) is 113 Å². The number of morpholine rings is 1.